The largest absolute Gasteiger partial charge is 0.444 e. The van der Waals surface area contributed by atoms with E-state index in [1.807, 2.05) is 0 Å². The van der Waals surface area contributed by atoms with E-state index in [1.54, 1.807) is 30.3 Å². The molecule has 22 heavy (non-hydrogen) atoms. The van der Waals surface area contributed by atoms with E-state index in [0.29, 0.717) is 23.1 Å². The molecule has 1 N–H and O–H groups in total. The molecule has 0 saturated carbocycles. The smallest absolute Gasteiger partial charge is 0.411 e. The molecule has 0 aliphatic heterocycles. The average Bonchev–Trinajstić information content (AvgIpc) is 2.54. The molecule has 1 amide bonds. The van der Waals surface area contributed by atoms with Crippen molar-refractivity contribution in [3.8, 4) is 0 Å². The third kappa shape index (κ3) is 3.89. The zero-order chi connectivity index (χ0) is 15.9. The van der Waals surface area contributed by atoms with Crippen molar-refractivity contribution in [3.63, 3.8) is 0 Å². The van der Waals surface area contributed by atoms with Gasteiger partial charge in [-0.3, -0.25) is 20.2 Å². The number of amides is 1. The number of hydrogen-bond acceptors (Lipinski definition) is 5. The Balaban J connectivity index is 1.95. The van der Waals surface area contributed by atoms with Gasteiger partial charge >= 0.3 is 6.09 Å². The van der Waals surface area contributed by atoms with Crippen LogP contribution < -0.4 is 5.32 Å². The summed E-state index contributed by atoms with van der Waals surface area (Å²) < 4.78 is 4.96. The Morgan fingerprint density at radius 1 is 1.18 bits per heavy atom. The van der Waals surface area contributed by atoms with Gasteiger partial charge in [-0.25, -0.2) is 4.79 Å². The zero-order valence-corrected chi connectivity index (χ0v) is 11.4. The fourth-order valence-electron chi connectivity index (χ4n) is 1.75. The number of carbonyl (C=O) groups is 2. The Hall–Kier alpha value is -3.22. The molecule has 0 aromatic heterocycles. The molecule has 2 rings (SSSR count). The number of ether oxygens (including phenoxy) is 1. The van der Waals surface area contributed by atoms with Crippen molar-refractivity contribution in [2.75, 3.05) is 5.32 Å². The fraction of sp³-hybridized carbons (Fsp3) is 0.0667. The summed E-state index contributed by atoms with van der Waals surface area (Å²) in [6.45, 7) is -0.213. The number of nitro groups is 1. The predicted molar refractivity (Wildman–Crippen MR) is 78.7 cm³/mol. The van der Waals surface area contributed by atoms with Crippen LogP contribution in [-0.4, -0.2) is 17.3 Å². The number of rotatable bonds is 5. The van der Waals surface area contributed by atoms with Gasteiger partial charge in [-0.2, -0.15) is 0 Å². The van der Waals surface area contributed by atoms with E-state index >= 15 is 0 Å². The lowest BCUT2D eigenvalue weighted by atomic mass is 10.2. The van der Waals surface area contributed by atoms with E-state index in [1.165, 1.54) is 18.2 Å². The van der Waals surface area contributed by atoms with Crippen LogP contribution in [0.4, 0.5) is 16.2 Å². The molecule has 7 heteroatoms. The topological polar surface area (TPSA) is 98.5 Å². The molecule has 0 aliphatic carbocycles. The van der Waals surface area contributed by atoms with E-state index in [0.717, 1.165) is 0 Å². The summed E-state index contributed by atoms with van der Waals surface area (Å²) in [4.78, 5) is 32.5. The van der Waals surface area contributed by atoms with Gasteiger partial charge in [0.15, 0.2) is 0 Å². The highest BCUT2D eigenvalue weighted by Gasteiger charge is 2.14. The molecule has 0 fully saturated rings. The molecule has 0 heterocycles. The summed E-state index contributed by atoms with van der Waals surface area (Å²) in [5.41, 5.74) is 1.14. The summed E-state index contributed by atoms with van der Waals surface area (Å²) in [6, 6.07) is 12.2. The van der Waals surface area contributed by atoms with E-state index in [-0.39, 0.29) is 12.3 Å². The van der Waals surface area contributed by atoms with Crippen molar-refractivity contribution in [1.29, 1.82) is 0 Å². The van der Waals surface area contributed by atoms with E-state index in [2.05, 4.69) is 5.32 Å². The highest BCUT2D eigenvalue weighted by Crippen LogP contribution is 2.18. The molecule has 0 spiro atoms. The van der Waals surface area contributed by atoms with Gasteiger partial charge in [0.25, 0.3) is 5.69 Å². The zero-order valence-electron chi connectivity index (χ0n) is 11.4. The van der Waals surface area contributed by atoms with Crippen molar-refractivity contribution in [2.24, 2.45) is 0 Å². The van der Waals surface area contributed by atoms with Gasteiger partial charge in [-0.1, -0.05) is 12.1 Å². The van der Waals surface area contributed by atoms with E-state index in [4.69, 9.17) is 4.74 Å². The van der Waals surface area contributed by atoms with Crippen molar-refractivity contribution in [2.45, 2.75) is 6.61 Å². The molecular formula is C15H12N2O5. The van der Waals surface area contributed by atoms with E-state index in [9.17, 15) is 19.7 Å². The third-order valence-electron chi connectivity index (χ3n) is 2.84. The van der Waals surface area contributed by atoms with Gasteiger partial charge in [0.2, 0.25) is 0 Å². The first-order valence-corrected chi connectivity index (χ1v) is 6.31. The van der Waals surface area contributed by atoms with Gasteiger partial charge in [0.1, 0.15) is 12.9 Å². The van der Waals surface area contributed by atoms with Crippen LogP contribution in [0.5, 0.6) is 0 Å². The summed E-state index contributed by atoms with van der Waals surface area (Å²) in [5.74, 6) is 0. The lowest BCUT2D eigenvalue weighted by Crippen LogP contribution is -2.14. The molecule has 0 bridgehead atoms. The molecule has 2 aromatic rings. The second-order valence-electron chi connectivity index (χ2n) is 4.33. The normalized spacial score (nSPS) is 9.82. The number of nitrogens with zero attached hydrogens (tertiary/aromatic N) is 1. The predicted octanol–water partition coefficient (Wildman–Crippen LogP) is 3.16. The molecule has 0 radical (unpaired) electrons. The Kier molecular flexibility index (Phi) is 4.81. The molecule has 0 saturated heterocycles. The summed E-state index contributed by atoms with van der Waals surface area (Å²) >= 11 is 0. The van der Waals surface area contributed by atoms with E-state index < -0.39 is 11.0 Å². The Labute approximate surface area is 125 Å². The SMILES string of the molecule is O=Cc1ccc(NC(=O)OCc2ccccc2[N+](=O)[O-])cc1. The standard InChI is InChI=1S/C15H12N2O5/c18-9-11-5-7-13(8-6-11)16-15(19)22-10-12-3-1-2-4-14(12)17(20)21/h1-9H,10H2,(H,16,19). The Bertz CT molecular complexity index is 697. The molecule has 2 aromatic carbocycles. The minimum atomic E-state index is -0.739. The summed E-state index contributed by atoms with van der Waals surface area (Å²) in [5, 5.41) is 13.3. The number of benzene rings is 2. The molecule has 0 unspecified atom stereocenters. The first-order valence-electron chi connectivity index (χ1n) is 6.31. The summed E-state index contributed by atoms with van der Waals surface area (Å²) in [6.07, 6.45) is -0.0478. The molecule has 0 atom stereocenters. The van der Waals surface area contributed by atoms with Crippen molar-refractivity contribution in [3.05, 3.63) is 69.8 Å². The molecule has 112 valence electrons. The number of aldehydes is 1. The van der Waals surface area contributed by atoms with Gasteiger partial charge in [-0.05, 0) is 30.3 Å². The molecular weight excluding hydrogens is 288 g/mol. The summed E-state index contributed by atoms with van der Waals surface area (Å²) in [7, 11) is 0. The van der Waals surface area contributed by atoms with Crippen LogP contribution in [0.15, 0.2) is 48.5 Å². The van der Waals surface area contributed by atoms with Gasteiger partial charge in [0.05, 0.1) is 10.5 Å². The van der Waals surface area contributed by atoms with Crippen LogP contribution >= 0.6 is 0 Å². The lowest BCUT2D eigenvalue weighted by Gasteiger charge is -2.07. The molecule has 7 nitrogen and oxygen atoms in total. The maximum absolute atomic E-state index is 11.6. The number of anilines is 1. The van der Waals surface area contributed by atoms with Crippen molar-refractivity contribution in [1.82, 2.24) is 0 Å². The number of nitro benzene ring substituents is 1. The van der Waals surface area contributed by atoms with Gasteiger partial charge < -0.3 is 4.74 Å². The third-order valence-corrected chi connectivity index (χ3v) is 2.84. The van der Waals surface area contributed by atoms with Gasteiger partial charge in [-0.15, -0.1) is 0 Å². The number of para-hydroxylation sites is 1. The Morgan fingerprint density at radius 3 is 2.50 bits per heavy atom. The minimum absolute atomic E-state index is 0.106. The van der Waals surface area contributed by atoms with Crippen LogP contribution in [0.25, 0.3) is 0 Å². The van der Waals surface area contributed by atoms with Crippen LogP contribution in [-0.2, 0) is 11.3 Å². The van der Waals surface area contributed by atoms with Crippen molar-refractivity contribution < 1.29 is 19.2 Å². The average molecular weight is 300 g/mol. The number of carbonyl (C=O) groups excluding carboxylic acids is 2. The quantitative estimate of drug-likeness (QED) is 0.519. The second kappa shape index (κ2) is 6.98. The van der Waals surface area contributed by atoms with Crippen LogP contribution in [0.3, 0.4) is 0 Å². The first kappa shape index (κ1) is 15.2. The minimum Gasteiger partial charge on any atom is -0.444 e. The maximum Gasteiger partial charge on any atom is 0.411 e. The number of hydrogen-bond donors (Lipinski definition) is 1. The monoisotopic (exact) mass is 300 g/mol. The molecule has 0 aliphatic rings. The van der Waals surface area contributed by atoms with Gasteiger partial charge in [0, 0.05) is 17.3 Å². The number of nitrogens with one attached hydrogen (secondary N) is 1. The highest BCUT2D eigenvalue weighted by molar-refractivity contribution is 5.85. The van der Waals surface area contributed by atoms with Crippen LogP contribution in [0, 0.1) is 10.1 Å². The van der Waals surface area contributed by atoms with Crippen LogP contribution in [0.1, 0.15) is 15.9 Å². The highest BCUT2D eigenvalue weighted by atomic mass is 16.6. The fourth-order valence-corrected chi connectivity index (χ4v) is 1.75. The first-order chi connectivity index (χ1) is 10.6. The lowest BCUT2D eigenvalue weighted by molar-refractivity contribution is -0.385. The maximum atomic E-state index is 11.6. The second-order valence-corrected chi connectivity index (χ2v) is 4.33. The Morgan fingerprint density at radius 2 is 1.86 bits per heavy atom. The van der Waals surface area contributed by atoms with Crippen molar-refractivity contribution >= 4 is 23.8 Å². The van der Waals surface area contributed by atoms with Crippen LogP contribution in [0.2, 0.25) is 0 Å².